The molecule has 0 aromatic heterocycles. The number of hydrogen-bond donors (Lipinski definition) is 0. The van der Waals surface area contributed by atoms with E-state index in [9.17, 15) is 0 Å². The molecule has 7 rings (SSSR count). The fraction of sp³-hybridized carbons (Fsp3) is 0.254. The molecule has 0 saturated carbocycles. The Bertz CT molecular complexity index is 2790. The number of benzene rings is 7. The van der Waals surface area contributed by atoms with Crippen molar-refractivity contribution in [3.63, 3.8) is 0 Å². The van der Waals surface area contributed by atoms with Crippen LogP contribution in [0.15, 0.2) is 158 Å². The zero-order valence-electron chi connectivity index (χ0n) is 37.0. The van der Waals surface area contributed by atoms with Crippen molar-refractivity contribution in [2.45, 2.75) is 96.6 Å². The van der Waals surface area contributed by atoms with Crippen LogP contribution in [0.1, 0.15) is 119 Å². The van der Waals surface area contributed by atoms with E-state index in [2.05, 4.69) is 114 Å². The number of hydrogen-bond acceptors (Lipinski definition) is 0. The molecule has 0 saturated heterocycles. The van der Waals surface area contributed by atoms with Crippen molar-refractivity contribution in [3.05, 3.63) is 202 Å². The van der Waals surface area contributed by atoms with Gasteiger partial charge in [0.05, 0.1) is 0 Å². The SMILES string of the molecule is CCC(C)(CC)c1c(-c2ccccc2)c(-c2ccccc2)c(C(C)(CC)CC)c2cc(C(C)(c3ccc(C#Cc4ccccc4)c(C#Cc4ccccc4)c3)C(F)(F)F)ccc12. The molecule has 0 fully saturated rings. The summed E-state index contributed by atoms with van der Waals surface area (Å²) in [5.74, 6) is 12.8. The molecule has 3 heteroatoms. The Labute approximate surface area is 367 Å². The van der Waals surface area contributed by atoms with Gasteiger partial charge in [-0.3, -0.25) is 0 Å². The lowest BCUT2D eigenvalue weighted by Crippen LogP contribution is -2.40. The van der Waals surface area contributed by atoms with Gasteiger partial charge in [0.15, 0.2) is 0 Å². The van der Waals surface area contributed by atoms with Crippen molar-refractivity contribution in [2.75, 3.05) is 0 Å². The molecule has 0 amide bonds. The van der Waals surface area contributed by atoms with Crippen molar-refractivity contribution in [2.24, 2.45) is 0 Å². The monoisotopic (exact) mass is 820 g/mol. The van der Waals surface area contributed by atoms with E-state index < -0.39 is 11.6 Å². The van der Waals surface area contributed by atoms with Gasteiger partial charge in [-0.05, 0) is 141 Å². The highest BCUT2D eigenvalue weighted by Crippen LogP contribution is 2.55. The molecule has 0 heterocycles. The van der Waals surface area contributed by atoms with Gasteiger partial charge in [0.2, 0.25) is 0 Å². The minimum absolute atomic E-state index is 0.110. The Morgan fingerprint density at radius 3 is 1.23 bits per heavy atom. The topological polar surface area (TPSA) is 0 Å². The molecule has 0 aliphatic rings. The van der Waals surface area contributed by atoms with Crippen molar-refractivity contribution in [1.29, 1.82) is 0 Å². The fourth-order valence-electron chi connectivity index (χ4n) is 8.93. The highest BCUT2D eigenvalue weighted by molar-refractivity contribution is 6.05. The molecule has 0 aliphatic heterocycles. The van der Waals surface area contributed by atoms with Crippen LogP contribution >= 0.6 is 0 Å². The van der Waals surface area contributed by atoms with Crippen LogP contribution in [0.2, 0.25) is 0 Å². The Hall–Kier alpha value is -6.29. The van der Waals surface area contributed by atoms with E-state index in [4.69, 9.17) is 0 Å². The third kappa shape index (κ3) is 8.22. The van der Waals surface area contributed by atoms with E-state index >= 15 is 13.2 Å². The van der Waals surface area contributed by atoms with E-state index in [-0.39, 0.29) is 22.0 Å². The lowest BCUT2D eigenvalue weighted by Gasteiger charge is -2.39. The van der Waals surface area contributed by atoms with Gasteiger partial charge in [-0.2, -0.15) is 13.2 Å². The van der Waals surface area contributed by atoms with E-state index in [1.807, 2.05) is 84.9 Å². The molecule has 0 bridgehead atoms. The van der Waals surface area contributed by atoms with Crippen LogP contribution in [-0.4, -0.2) is 6.18 Å². The number of fused-ring (bicyclic) bond motifs is 1. The molecule has 62 heavy (non-hydrogen) atoms. The molecule has 0 aliphatic carbocycles. The first-order valence-electron chi connectivity index (χ1n) is 21.9. The van der Waals surface area contributed by atoms with Crippen molar-refractivity contribution >= 4 is 10.8 Å². The predicted octanol–water partition coefficient (Wildman–Crippen LogP) is 16.0. The normalized spacial score (nSPS) is 12.8. The highest BCUT2D eigenvalue weighted by atomic mass is 19.4. The van der Waals surface area contributed by atoms with E-state index in [0.29, 0.717) is 11.1 Å². The summed E-state index contributed by atoms with van der Waals surface area (Å²) < 4.78 is 49.0. The van der Waals surface area contributed by atoms with Gasteiger partial charge in [0.1, 0.15) is 5.41 Å². The summed E-state index contributed by atoms with van der Waals surface area (Å²) in [4.78, 5) is 0. The summed E-state index contributed by atoms with van der Waals surface area (Å²) in [6.07, 6.45) is -1.34. The van der Waals surface area contributed by atoms with Crippen LogP contribution in [0.5, 0.6) is 0 Å². The molecule has 1 unspecified atom stereocenters. The Balaban J connectivity index is 1.60. The molecule has 0 radical (unpaired) electrons. The third-order valence-corrected chi connectivity index (χ3v) is 13.7. The minimum Gasteiger partial charge on any atom is -0.170 e. The maximum Gasteiger partial charge on any atom is 0.402 e. The highest BCUT2D eigenvalue weighted by Gasteiger charge is 2.54. The maximum atomic E-state index is 16.3. The molecule has 312 valence electrons. The average molecular weight is 821 g/mol. The first-order valence-corrected chi connectivity index (χ1v) is 21.9. The minimum atomic E-state index is -4.67. The molecule has 0 nitrogen and oxygen atoms in total. The molecule has 0 spiro atoms. The second-order valence-electron chi connectivity index (χ2n) is 17.1. The second-order valence-corrected chi connectivity index (χ2v) is 17.1. The third-order valence-electron chi connectivity index (χ3n) is 13.7. The second kappa shape index (κ2) is 18.0. The van der Waals surface area contributed by atoms with Crippen LogP contribution in [0.4, 0.5) is 13.2 Å². The van der Waals surface area contributed by atoms with Gasteiger partial charge in [-0.25, -0.2) is 0 Å². The van der Waals surface area contributed by atoms with Crippen LogP contribution in [0.3, 0.4) is 0 Å². The summed E-state index contributed by atoms with van der Waals surface area (Å²) in [6, 6.07) is 50.6. The summed E-state index contributed by atoms with van der Waals surface area (Å²) in [6.45, 7) is 14.8. The first kappa shape index (κ1) is 43.8. The van der Waals surface area contributed by atoms with Gasteiger partial charge >= 0.3 is 6.18 Å². The number of alkyl halides is 3. The number of rotatable bonds is 10. The summed E-state index contributed by atoms with van der Waals surface area (Å²) >= 11 is 0. The van der Waals surface area contributed by atoms with Gasteiger partial charge in [0, 0.05) is 22.3 Å². The first-order chi connectivity index (χ1) is 29.8. The summed E-state index contributed by atoms with van der Waals surface area (Å²) in [5.41, 5.74) is 6.54. The smallest absolute Gasteiger partial charge is 0.170 e. The largest absolute Gasteiger partial charge is 0.402 e. The van der Waals surface area contributed by atoms with Crippen molar-refractivity contribution < 1.29 is 13.2 Å². The van der Waals surface area contributed by atoms with Gasteiger partial charge in [-0.15, -0.1) is 0 Å². The van der Waals surface area contributed by atoms with Crippen LogP contribution in [0.25, 0.3) is 33.0 Å². The molecular formula is C59H55F3. The molecular weight excluding hydrogens is 766 g/mol. The van der Waals surface area contributed by atoms with E-state index in [1.54, 1.807) is 24.3 Å². The van der Waals surface area contributed by atoms with Gasteiger partial charge < -0.3 is 0 Å². The lowest BCUT2D eigenvalue weighted by molar-refractivity contribution is -0.173. The van der Waals surface area contributed by atoms with Crippen molar-refractivity contribution in [3.8, 4) is 45.9 Å². The zero-order chi connectivity index (χ0) is 44.1. The van der Waals surface area contributed by atoms with Gasteiger partial charge in [0.25, 0.3) is 0 Å². The van der Waals surface area contributed by atoms with Crippen LogP contribution in [0, 0.1) is 23.7 Å². The predicted molar refractivity (Wildman–Crippen MR) is 254 cm³/mol. The quantitative estimate of drug-likeness (QED) is 0.121. The van der Waals surface area contributed by atoms with Crippen molar-refractivity contribution in [1.82, 2.24) is 0 Å². The van der Waals surface area contributed by atoms with Crippen LogP contribution < -0.4 is 0 Å². The van der Waals surface area contributed by atoms with E-state index in [0.717, 1.165) is 69.8 Å². The number of halogens is 3. The molecule has 7 aromatic rings. The Kier molecular flexibility index (Phi) is 12.7. The molecule has 1 atom stereocenters. The standard InChI is InChI=1S/C59H55F3/c1-8-56(5,9-2)54-50-39-38-49(41-51(50)55(57(6,10-3)11-4)53(46-30-22-15-23-31-46)52(54)45-28-20-14-21-29-45)58(7,59(60,61)62)48-37-36-44(34-32-42-24-16-12-17-25-42)47(40-48)35-33-43-26-18-13-19-27-43/h12-31,36-41H,8-11H2,1-7H3. The lowest BCUT2D eigenvalue weighted by atomic mass is 9.64. The molecule has 0 N–H and O–H groups in total. The average Bonchev–Trinajstić information content (AvgIpc) is 3.31. The summed E-state index contributed by atoms with van der Waals surface area (Å²) in [5, 5.41) is 1.88. The van der Waals surface area contributed by atoms with E-state index in [1.165, 1.54) is 18.1 Å². The Morgan fingerprint density at radius 1 is 0.403 bits per heavy atom. The zero-order valence-corrected chi connectivity index (χ0v) is 37.0. The molecule has 7 aromatic carbocycles. The fourth-order valence-corrected chi connectivity index (χ4v) is 8.93. The summed E-state index contributed by atoms with van der Waals surface area (Å²) in [7, 11) is 0. The van der Waals surface area contributed by atoms with Gasteiger partial charge in [-0.1, -0.05) is 180 Å². The Morgan fingerprint density at radius 2 is 0.790 bits per heavy atom. The maximum absolute atomic E-state index is 16.3. The van der Waals surface area contributed by atoms with Crippen LogP contribution in [-0.2, 0) is 16.2 Å².